The first-order valence-corrected chi connectivity index (χ1v) is 10.9. The van der Waals surface area contributed by atoms with Crippen LogP contribution in [0, 0.1) is 6.92 Å². The summed E-state index contributed by atoms with van der Waals surface area (Å²) in [6.45, 7) is 1.99. The summed E-state index contributed by atoms with van der Waals surface area (Å²) in [5.41, 5.74) is 2.46. The second kappa shape index (κ2) is 10.6. The minimum atomic E-state index is -1.44. The number of carbonyl (C=O) groups excluding carboxylic acids is 3. The van der Waals surface area contributed by atoms with Gasteiger partial charge in [-0.2, -0.15) is 0 Å². The molecule has 0 spiro atoms. The van der Waals surface area contributed by atoms with Crippen molar-refractivity contribution < 1.29 is 29.0 Å². The normalized spacial score (nSPS) is 13.1. The molecule has 0 aromatic heterocycles. The summed E-state index contributed by atoms with van der Waals surface area (Å²) in [6, 6.07) is 19.4. The van der Waals surface area contributed by atoms with Crippen molar-refractivity contribution in [3.05, 3.63) is 101 Å². The van der Waals surface area contributed by atoms with Crippen LogP contribution in [0.4, 0.5) is 0 Å². The van der Waals surface area contributed by atoms with E-state index in [0.717, 1.165) is 5.56 Å². The molecule has 8 heteroatoms. The molecule has 0 bridgehead atoms. The van der Waals surface area contributed by atoms with Gasteiger partial charge >= 0.3 is 0 Å². The average Bonchev–Trinajstić information content (AvgIpc) is 3.32. The number of benzene rings is 3. The van der Waals surface area contributed by atoms with Crippen LogP contribution in [-0.4, -0.2) is 30.6 Å². The highest BCUT2D eigenvalue weighted by atomic mass is 16.7. The molecule has 1 aliphatic heterocycles. The second-order valence-corrected chi connectivity index (χ2v) is 8.03. The Hall–Kier alpha value is -4.59. The molecule has 8 nitrogen and oxygen atoms in total. The zero-order valence-corrected chi connectivity index (χ0v) is 18.9. The van der Waals surface area contributed by atoms with Crippen LogP contribution in [0.15, 0.2) is 78.5 Å². The minimum absolute atomic E-state index is 0.0259. The van der Waals surface area contributed by atoms with Gasteiger partial charge in [0.15, 0.2) is 11.5 Å². The fourth-order valence-corrected chi connectivity index (χ4v) is 3.51. The standard InChI is InChI=1S/C27H24N2O6/c1-17-7-10-20(11-8-17)25(30)28-21(14-19-9-12-23-24(15-19)35-16-34-23)26(31)29-22(27(32)33)13-18-5-3-2-4-6-18/h2-12,14-15,22H,13,16H2,1H3,(H,28,30)(H,29,31)(H,32,33)/p-1/b21-14+/t22-/m1/s1. The van der Waals surface area contributed by atoms with E-state index in [1.54, 1.807) is 66.7 Å². The number of carboxylic acids is 1. The van der Waals surface area contributed by atoms with Crippen LogP contribution in [0.2, 0.25) is 0 Å². The Balaban J connectivity index is 1.60. The zero-order chi connectivity index (χ0) is 24.8. The smallest absolute Gasteiger partial charge is 0.268 e. The molecule has 0 aliphatic carbocycles. The summed E-state index contributed by atoms with van der Waals surface area (Å²) < 4.78 is 10.7. The van der Waals surface area contributed by atoms with Gasteiger partial charge in [0, 0.05) is 5.56 Å². The molecule has 35 heavy (non-hydrogen) atoms. The summed E-state index contributed by atoms with van der Waals surface area (Å²) in [6.07, 6.45) is 1.47. The van der Waals surface area contributed by atoms with E-state index in [1.807, 2.05) is 13.0 Å². The molecule has 0 fully saturated rings. The van der Waals surface area contributed by atoms with E-state index in [2.05, 4.69) is 10.6 Å². The third-order valence-electron chi connectivity index (χ3n) is 5.39. The Kier molecular flexibility index (Phi) is 7.11. The molecule has 0 radical (unpaired) electrons. The van der Waals surface area contributed by atoms with Crippen molar-refractivity contribution in [3.8, 4) is 11.5 Å². The number of fused-ring (bicyclic) bond motifs is 1. The number of hydrogen-bond acceptors (Lipinski definition) is 6. The summed E-state index contributed by atoms with van der Waals surface area (Å²) in [4.78, 5) is 37.8. The van der Waals surface area contributed by atoms with Crippen molar-refractivity contribution in [3.63, 3.8) is 0 Å². The number of amides is 2. The van der Waals surface area contributed by atoms with Crippen LogP contribution >= 0.6 is 0 Å². The van der Waals surface area contributed by atoms with Crippen molar-refractivity contribution >= 4 is 23.9 Å². The highest BCUT2D eigenvalue weighted by molar-refractivity contribution is 6.06. The van der Waals surface area contributed by atoms with E-state index >= 15 is 0 Å². The predicted molar refractivity (Wildman–Crippen MR) is 126 cm³/mol. The molecule has 178 valence electrons. The molecule has 3 aromatic rings. The first-order chi connectivity index (χ1) is 16.9. The van der Waals surface area contributed by atoms with Crippen LogP contribution in [0.1, 0.15) is 27.0 Å². The van der Waals surface area contributed by atoms with Crippen molar-refractivity contribution in [2.24, 2.45) is 0 Å². The maximum absolute atomic E-state index is 13.2. The van der Waals surface area contributed by atoms with Crippen LogP contribution in [0.25, 0.3) is 6.08 Å². The first kappa shape index (κ1) is 23.6. The molecule has 1 atom stereocenters. The Labute approximate surface area is 202 Å². The summed E-state index contributed by atoms with van der Waals surface area (Å²) in [5, 5.41) is 16.8. The predicted octanol–water partition coefficient (Wildman–Crippen LogP) is 1.97. The topological polar surface area (TPSA) is 117 Å². The number of carboxylic acid groups (broad SMARTS) is 1. The van der Waals surface area contributed by atoms with Crippen molar-refractivity contribution in [2.75, 3.05) is 6.79 Å². The average molecular weight is 471 g/mol. The molecule has 4 rings (SSSR count). The fraction of sp³-hybridized carbons (Fsp3) is 0.148. The number of aryl methyl sites for hydroxylation is 1. The van der Waals surface area contributed by atoms with E-state index in [9.17, 15) is 19.5 Å². The van der Waals surface area contributed by atoms with Crippen LogP contribution in [-0.2, 0) is 16.0 Å². The van der Waals surface area contributed by atoms with Gasteiger partial charge in [-0.15, -0.1) is 0 Å². The van der Waals surface area contributed by atoms with Gasteiger partial charge in [0.25, 0.3) is 11.8 Å². The van der Waals surface area contributed by atoms with Crippen LogP contribution in [0.3, 0.4) is 0 Å². The third kappa shape index (κ3) is 6.05. The van der Waals surface area contributed by atoms with E-state index in [1.165, 1.54) is 6.08 Å². The number of hydrogen-bond donors (Lipinski definition) is 2. The van der Waals surface area contributed by atoms with Gasteiger partial charge in [0.05, 0.1) is 12.0 Å². The Morgan fingerprint density at radius 2 is 1.69 bits per heavy atom. The SMILES string of the molecule is Cc1ccc(C(=O)N/C(=C/c2ccc3c(c2)OCO3)C(=O)N[C@H](Cc2ccccc2)C(=O)[O-])cc1. The van der Waals surface area contributed by atoms with E-state index in [0.29, 0.717) is 28.2 Å². The molecule has 1 aliphatic rings. The number of ether oxygens (including phenoxy) is 2. The highest BCUT2D eigenvalue weighted by Crippen LogP contribution is 2.33. The molecule has 2 N–H and O–H groups in total. The number of aliphatic carboxylic acids is 1. The number of nitrogens with one attached hydrogen (secondary N) is 2. The Morgan fingerprint density at radius 1 is 0.971 bits per heavy atom. The summed E-state index contributed by atoms with van der Waals surface area (Å²) in [7, 11) is 0. The minimum Gasteiger partial charge on any atom is -0.548 e. The fourth-order valence-electron chi connectivity index (χ4n) is 3.51. The van der Waals surface area contributed by atoms with Crippen LogP contribution in [0.5, 0.6) is 11.5 Å². The lowest BCUT2D eigenvalue weighted by atomic mass is 10.1. The van der Waals surface area contributed by atoms with E-state index < -0.39 is 23.8 Å². The Morgan fingerprint density at radius 3 is 2.40 bits per heavy atom. The van der Waals surface area contributed by atoms with Crippen molar-refractivity contribution in [1.29, 1.82) is 0 Å². The van der Waals surface area contributed by atoms with Gasteiger partial charge in [-0.1, -0.05) is 54.1 Å². The molecule has 1 heterocycles. The third-order valence-corrected chi connectivity index (χ3v) is 5.39. The molecule has 0 saturated heterocycles. The first-order valence-electron chi connectivity index (χ1n) is 10.9. The molecule has 3 aromatic carbocycles. The molecule has 0 unspecified atom stereocenters. The number of carbonyl (C=O) groups is 3. The molecule has 2 amide bonds. The van der Waals surface area contributed by atoms with Gasteiger partial charge in [0.1, 0.15) is 5.70 Å². The van der Waals surface area contributed by atoms with Crippen LogP contribution < -0.4 is 25.2 Å². The van der Waals surface area contributed by atoms with Crippen molar-refractivity contribution in [2.45, 2.75) is 19.4 Å². The number of rotatable bonds is 8. The lowest BCUT2D eigenvalue weighted by molar-refractivity contribution is -0.308. The quantitative estimate of drug-likeness (QED) is 0.485. The lowest BCUT2D eigenvalue weighted by Crippen LogP contribution is -2.50. The Bertz CT molecular complexity index is 1270. The summed E-state index contributed by atoms with van der Waals surface area (Å²) >= 11 is 0. The molecule has 0 saturated carbocycles. The monoisotopic (exact) mass is 471 g/mol. The van der Waals surface area contributed by atoms with E-state index in [4.69, 9.17) is 9.47 Å². The zero-order valence-electron chi connectivity index (χ0n) is 18.9. The summed E-state index contributed by atoms with van der Waals surface area (Å²) in [5.74, 6) is -1.65. The lowest BCUT2D eigenvalue weighted by Gasteiger charge is -2.21. The molecular formula is C27H23N2O6-. The molecular weight excluding hydrogens is 448 g/mol. The largest absolute Gasteiger partial charge is 0.548 e. The maximum atomic E-state index is 13.2. The maximum Gasteiger partial charge on any atom is 0.268 e. The van der Waals surface area contributed by atoms with Gasteiger partial charge in [0.2, 0.25) is 6.79 Å². The van der Waals surface area contributed by atoms with E-state index in [-0.39, 0.29) is 18.9 Å². The van der Waals surface area contributed by atoms with Gasteiger partial charge in [-0.05, 0) is 54.8 Å². The highest BCUT2D eigenvalue weighted by Gasteiger charge is 2.21. The van der Waals surface area contributed by atoms with Gasteiger partial charge in [-0.25, -0.2) is 0 Å². The van der Waals surface area contributed by atoms with Gasteiger partial charge in [-0.3, -0.25) is 9.59 Å². The second-order valence-electron chi connectivity index (χ2n) is 8.03. The van der Waals surface area contributed by atoms with Gasteiger partial charge < -0.3 is 30.0 Å². The van der Waals surface area contributed by atoms with Crippen molar-refractivity contribution in [1.82, 2.24) is 10.6 Å².